The van der Waals surface area contributed by atoms with E-state index in [0.717, 1.165) is 38.6 Å². The largest absolute Gasteiger partial charge is 0.497 e. The lowest BCUT2D eigenvalue weighted by Crippen LogP contribution is -2.51. The lowest BCUT2D eigenvalue weighted by molar-refractivity contribution is -0.185. The van der Waals surface area contributed by atoms with Gasteiger partial charge in [-0.25, -0.2) is 14.4 Å². The molecule has 362 valence electrons. The number of esters is 2. The SMILES string of the molecule is CCC(C)(C)C(=O)SCCOP(=O)(NCc1ccccc1)OC[C@H]1OC(n2ccc(NC(c3ccccc3)(c3ccc(OC)cc3)c3ccc(OC)cc3)nc2=O)[C@@](C)(OC(C)=O)C1OC(C)=O. The Kier molecular flexibility index (Phi) is 17.1. The molecule has 0 aliphatic carbocycles. The van der Waals surface area contributed by atoms with Crippen molar-refractivity contribution < 1.29 is 51.7 Å². The molecule has 68 heavy (non-hydrogen) atoms. The van der Waals surface area contributed by atoms with Gasteiger partial charge in [0.05, 0.1) is 27.4 Å². The van der Waals surface area contributed by atoms with Crippen LogP contribution in [0.5, 0.6) is 11.5 Å². The lowest BCUT2D eigenvalue weighted by Gasteiger charge is -2.37. The summed E-state index contributed by atoms with van der Waals surface area (Å²) in [6.45, 7) is 8.90. The third-order valence-electron chi connectivity index (χ3n) is 11.7. The summed E-state index contributed by atoms with van der Waals surface area (Å²) in [7, 11) is -1.02. The van der Waals surface area contributed by atoms with Crippen molar-refractivity contribution in [2.45, 2.75) is 84.1 Å². The van der Waals surface area contributed by atoms with Crippen molar-refractivity contribution in [3.63, 3.8) is 0 Å². The molecule has 18 heteroatoms. The van der Waals surface area contributed by atoms with Crippen LogP contribution in [0.15, 0.2) is 126 Å². The maximum absolute atomic E-state index is 14.5. The van der Waals surface area contributed by atoms with E-state index < -0.39 is 67.0 Å². The second-order valence-corrected chi connectivity index (χ2v) is 19.8. The number of carbonyl (C=O) groups excluding carboxylic acids is 3. The Balaban J connectivity index is 1.34. The first-order chi connectivity index (χ1) is 32.5. The Hall–Kier alpha value is -5.81. The summed E-state index contributed by atoms with van der Waals surface area (Å²) in [5.74, 6) is 0.145. The highest BCUT2D eigenvalue weighted by atomic mass is 32.2. The molecule has 0 spiro atoms. The number of ether oxygens (including phenoxy) is 5. The van der Waals surface area contributed by atoms with Crippen LogP contribution in [0.1, 0.15) is 76.4 Å². The molecule has 1 saturated heterocycles. The Morgan fingerprint density at radius 1 is 0.824 bits per heavy atom. The van der Waals surface area contributed by atoms with Crippen molar-refractivity contribution in [1.82, 2.24) is 14.6 Å². The molecule has 2 heterocycles. The molecule has 0 amide bonds. The van der Waals surface area contributed by atoms with Crippen LogP contribution < -0.4 is 25.6 Å². The van der Waals surface area contributed by atoms with E-state index in [2.05, 4.69) is 15.4 Å². The Bertz CT molecular complexity index is 2550. The van der Waals surface area contributed by atoms with Gasteiger partial charge in [-0.3, -0.25) is 28.0 Å². The van der Waals surface area contributed by atoms with Crippen molar-refractivity contribution >= 4 is 42.4 Å². The molecule has 2 N–H and O–H groups in total. The van der Waals surface area contributed by atoms with E-state index in [1.54, 1.807) is 20.3 Å². The fourth-order valence-electron chi connectivity index (χ4n) is 7.80. The minimum atomic E-state index is -4.19. The molecule has 5 atom stereocenters. The molecule has 5 aromatic rings. The monoisotopic (exact) mass is 970 g/mol. The van der Waals surface area contributed by atoms with Crippen LogP contribution in [0.3, 0.4) is 0 Å². The fourth-order valence-corrected chi connectivity index (χ4v) is 10.1. The normalized spacial score (nSPS) is 19.1. The first-order valence-corrected chi connectivity index (χ1v) is 24.6. The molecule has 6 rings (SSSR count). The fraction of sp³-hybridized carbons (Fsp3) is 0.380. The van der Waals surface area contributed by atoms with Crippen molar-refractivity contribution in [2.24, 2.45) is 5.41 Å². The number of rotatable bonds is 22. The molecule has 1 aliphatic rings. The maximum atomic E-state index is 14.5. The van der Waals surface area contributed by atoms with Gasteiger partial charge in [0.25, 0.3) is 0 Å². The summed E-state index contributed by atoms with van der Waals surface area (Å²) >= 11 is 1.07. The molecule has 0 saturated carbocycles. The van der Waals surface area contributed by atoms with E-state index in [1.807, 2.05) is 130 Å². The first-order valence-electron chi connectivity index (χ1n) is 22.1. The highest BCUT2D eigenvalue weighted by Crippen LogP contribution is 2.48. The summed E-state index contributed by atoms with van der Waals surface area (Å²) in [6, 6.07) is 35.5. The van der Waals surface area contributed by atoms with Crippen LogP contribution >= 0.6 is 19.5 Å². The van der Waals surface area contributed by atoms with Gasteiger partial charge < -0.3 is 29.0 Å². The zero-order chi connectivity index (χ0) is 49.1. The number of aromatic nitrogens is 2. The van der Waals surface area contributed by atoms with Crippen LogP contribution in [-0.2, 0) is 54.3 Å². The van der Waals surface area contributed by atoms with Gasteiger partial charge in [-0.15, -0.1) is 0 Å². The lowest BCUT2D eigenvalue weighted by atomic mass is 9.77. The number of nitrogens with one attached hydrogen (secondary N) is 2. The number of thioether (sulfide) groups is 1. The molecular formula is C50H59N4O12PS. The van der Waals surface area contributed by atoms with E-state index in [0.29, 0.717) is 17.9 Å². The summed E-state index contributed by atoms with van der Waals surface area (Å²) in [4.78, 5) is 57.3. The van der Waals surface area contributed by atoms with E-state index in [-0.39, 0.29) is 29.8 Å². The number of hydrogen-bond acceptors (Lipinski definition) is 15. The smallest absolute Gasteiger partial charge is 0.405 e. The summed E-state index contributed by atoms with van der Waals surface area (Å²) in [5.41, 5.74) is -1.16. The third kappa shape index (κ3) is 12.1. The molecular weight excluding hydrogens is 912 g/mol. The van der Waals surface area contributed by atoms with Gasteiger partial charge in [0.1, 0.15) is 29.0 Å². The molecule has 0 radical (unpaired) electrons. The average Bonchev–Trinajstić information content (AvgIpc) is 3.59. The highest BCUT2D eigenvalue weighted by Gasteiger charge is 2.60. The molecule has 1 fully saturated rings. The average molecular weight is 971 g/mol. The number of anilines is 1. The zero-order valence-electron chi connectivity index (χ0n) is 39.5. The van der Waals surface area contributed by atoms with Crippen LogP contribution in [0.2, 0.25) is 0 Å². The highest BCUT2D eigenvalue weighted by molar-refractivity contribution is 8.13. The van der Waals surface area contributed by atoms with E-state index in [9.17, 15) is 23.7 Å². The summed E-state index contributed by atoms with van der Waals surface area (Å²) in [6.07, 6.45) is -2.02. The molecule has 16 nitrogen and oxygen atoms in total. The Morgan fingerprint density at radius 2 is 1.40 bits per heavy atom. The molecule has 0 bridgehead atoms. The van der Waals surface area contributed by atoms with Gasteiger partial charge in [0.15, 0.2) is 23.0 Å². The van der Waals surface area contributed by atoms with Gasteiger partial charge in [-0.1, -0.05) is 117 Å². The zero-order valence-corrected chi connectivity index (χ0v) is 41.2. The molecule has 1 aliphatic heterocycles. The predicted molar refractivity (Wildman–Crippen MR) is 258 cm³/mol. The van der Waals surface area contributed by atoms with Gasteiger partial charge in [-0.05, 0) is 65.9 Å². The number of carbonyl (C=O) groups is 3. The maximum Gasteiger partial charge on any atom is 0.405 e. The van der Waals surface area contributed by atoms with Crippen LogP contribution in [0.25, 0.3) is 0 Å². The second kappa shape index (κ2) is 22.5. The van der Waals surface area contributed by atoms with Gasteiger partial charge >= 0.3 is 25.4 Å². The van der Waals surface area contributed by atoms with E-state index in [1.165, 1.54) is 27.0 Å². The van der Waals surface area contributed by atoms with Crippen molar-refractivity contribution in [2.75, 3.05) is 38.5 Å². The van der Waals surface area contributed by atoms with Crippen LogP contribution in [-0.4, -0.2) is 77.6 Å². The van der Waals surface area contributed by atoms with E-state index in [4.69, 9.17) is 32.7 Å². The molecule has 1 aromatic heterocycles. The second-order valence-electron chi connectivity index (χ2n) is 16.9. The number of nitrogens with zero attached hydrogens (tertiary/aromatic N) is 2. The van der Waals surface area contributed by atoms with Crippen LogP contribution in [0.4, 0.5) is 5.82 Å². The van der Waals surface area contributed by atoms with Crippen molar-refractivity contribution in [3.8, 4) is 11.5 Å². The van der Waals surface area contributed by atoms with Gasteiger partial charge in [0, 0.05) is 37.8 Å². The topological polar surface area (TPSA) is 192 Å². The molecule has 3 unspecified atom stereocenters. The molecule has 4 aromatic carbocycles. The number of hydrogen-bond donors (Lipinski definition) is 2. The first kappa shape index (κ1) is 51.6. The summed E-state index contributed by atoms with van der Waals surface area (Å²) in [5, 5.41) is 6.42. The van der Waals surface area contributed by atoms with Crippen molar-refractivity contribution in [1.29, 1.82) is 0 Å². The number of benzene rings is 4. The van der Waals surface area contributed by atoms with Crippen molar-refractivity contribution in [3.05, 3.63) is 154 Å². The minimum absolute atomic E-state index is 0.0329. The quantitative estimate of drug-likeness (QED) is 0.0290. The minimum Gasteiger partial charge on any atom is -0.497 e. The van der Waals surface area contributed by atoms with Crippen LogP contribution in [0, 0.1) is 5.41 Å². The number of methoxy groups -OCH3 is 2. The van der Waals surface area contributed by atoms with E-state index >= 15 is 0 Å². The third-order valence-corrected chi connectivity index (χ3v) is 14.5. The Morgan fingerprint density at radius 3 is 1.93 bits per heavy atom. The summed E-state index contributed by atoms with van der Waals surface area (Å²) < 4.78 is 56.6. The Labute approximate surface area is 401 Å². The predicted octanol–water partition coefficient (Wildman–Crippen LogP) is 8.44. The van der Waals surface area contributed by atoms with Gasteiger partial charge in [-0.2, -0.15) is 4.98 Å². The standard InChI is InChI=1S/C50H59N4O12PS/c1-9-48(4,5)46(57)68-31-30-62-67(59,51-32-36-16-12-10-13-17-36)63-33-42-44(64-34(2)55)49(6,66-35(3)56)45(65-42)54-29-28-43(52-47(54)58)53-50(37-18-14-11-15-19-37,38-20-24-40(60-7)25-21-38)39-22-26-41(61-8)27-23-39/h10-29,42,44-45H,9,30-33H2,1-8H3,(H,51,59)(H,52,53,58)/t42-,44?,45?,49+,67?/m1/s1. The van der Waals surface area contributed by atoms with Gasteiger partial charge in [0.2, 0.25) is 0 Å².